The van der Waals surface area contributed by atoms with E-state index in [1.54, 1.807) is 24.3 Å². The second kappa shape index (κ2) is 11.1. The SMILES string of the molecule is O=C1C(=Cc2cn(-c3ccccc3)nc2-c2ccccc2)C=C(c2ccccc2)N1N=Cc1coc2ccccc2c1=O. The number of fused-ring (bicyclic) bond motifs is 1. The van der Waals surface area contributed by atoms with Crippen molar-refractivity contribution >= 4 is 34.9 Å². The predicted octanol–water partition coefficient (Wildman–Crippen LogP) is 6.95. The minimum Gasteiger partial charge on any atom is -0.463 e. The Hall–Kier alpha value is -6.08. The van der Waals surface area contributed by atoms with E-state index in [0.29, 0.717) is 22.2 Å². The molecule has 0 bridgehead atoms. The van der Waals surface area contributed by atoms with Crippen LogP contribution in [-0.4, -0.2) is 26.9 Å². The Morgan fingerprint density at radius 3 is 2.12 bits per heavy atom. The van der Waals surface area contributed by atoms with Crippen molar-refractivity contribution in [1.29, 1.82) is 0 Å². The molecule has 0 aliphatic carbocycles. The molecule has 0 saturated heterocycles. The summed E-state index contributed by atoms with van der Waals surface area (Å²) in [6.07, 6.45) is 8.30. The molecule has 0 radical (unpaired) electrons. The van der Waals surface area contributed by atoms with Crippen molar-refractivity contribution in [3.05, 3.63) is 166 Å². The van der Waals surface area contributed by atoms with Gasteiger partial charge in [0.05, 0.1) is 34.2 Å². The number of carbonyl (C=O) groups excluding carboxylic acids is 1. The first-order chi connectivity index (χ1) is 21.2. The molecule has 3 heterocycles. The van der Waals surface area contributed by atoms with E-state index in [2.05, 4.69) is 5.10 Å². The Morgan fingerprint density at radius 2 is 1.37 bits per heavy atom. The zero-order valence-corrected chi connectivity index (χ0v) is 22.9. The average Bonchev–Trinajstić information content (AvgIpc) is 3.63. The van der Waals surface area contributed by atoms with Gasteiger partial charge in [0.1, 0.15) is 11.8 Å². The molecule has 0 saturated carbocycles. The molecule has 0 atom stereocenters. The van der Waals surface area contributed by atoms with Gasteiger partial charge in [0.25, 0.3) is 5.91 Å². The first kappa shape index (κ1) is 25.9. The maximum Gasteiger partial charge on any atom is 0.278 e. The van der Waals surface area contributed by atoms with Crippen molar-refractivity contribution in [3.8, 4) is 16.9 Å². The number of amides is 1. The van der Waals surface area contributed by atoms with E-state index in [1.165, 1.54) is 17.5 Å². The number of hydrazone groups is 1. The van der Waals surface area contributed by atoms with Crippen molar-refractivity contribution in [3.63, 3.8) is 0 Å². The van der Waals surface area contributed by atoms with Gasteiger partial charge < -0.3 is 4.42 Å². The molecule has 0 unspecified atom stereocenters. The van der Waals surface area contributed by atoms with E-state index in [-0.39, 0.29) is 16.9 Å². The van der Waals surface area contributed by atoms with Crippen LogP contribution in [0.15, 0.2) is 154 Å². The molecule has 1 aliphatic rings. The topological polar surface area (TPSA) is 80.7 Å². The molecule has 7 rings (SSSR count). The molecule has 6 aromatic rings. The standard InChI is InChI=1S/C36H24N4O3/c41-35-29(24-43-33-19-11-10-18-31(33)35)22-37-40-32(25-12-4-1-5-13-25)21-27(36(40)42)20-28-23-39(30-16-8-3-9-17-30)38-34(28)26-14-6-2-7-15-26/h1-24H. The maximum absolute atomic E-state index is 13.9. The fraction of sp³-hybridized carbons (Fsp3) is 0. The fourth-order valence-electron chi connectivity index (χ4n) is 5.03. The second-order valence-electron chi connectivity index (χ2n) is 9.95. The van der Waals surface area contributed by atoms with Crippen molar-refractivity contribution in [2.24, 2.45) is 5.10 Å². The smallest absolute Gasteiger partial charge is 0.278 e. The number of hydrogen-bond donors (Lipinski definition) is 0. The van der Waals surface area contributed by atoms with Gasteiger partial charge in [0.15, 0.2) is 0 Å². The number of benzene rings is 4. The number of rotatable bonds is 6. The van der Waals surface area contributed by atoms with Gasteiger partial charge in [0.2, 0.25) is 5.43 Å². The highest BCUT2D eigenvalue weighted by Crippen LogP contribution is 2.33. The summed E-state index contributed by atoms with van der Waals surface area (Å²) in [4.78, 5) is 27.0. The van der Waals surface area contributed by atoms with Gasteiger partial charge in [-0.1, -0.05) is 91.0 Å². The Morgan fingerprint density at radius 1 is 0.721 bits per heavy atom. The van der Waals surface area contributed by atoms with Crippen LogP contribution >= 0.6 is 0 Å². The van der Waals surface area contributed by atoms with Crippen LogP contribution in [0.5, 0.6) is 0 Å². The molecule has 206 valence electrons. The molecule has 2 aromatic heterocycles. The van der Waals surface area contributed by atoms with Gasteiger partial charge in [-0.3, -0.25) is 9.59 Å². The van der Waals surface area contributed by atoms with Crippen LogP contribution in [0.3, 0.4) is 0 Å². The second-order valence-corrected chi connectivity index (χ2v) is 9.95. The van der Waals surface area contributed by atoms with Gasteiger partial charge in [-0.2, -0.15) is 15.2 Å². The lowest BCUT2D eigenvalue weighted by molar-refractivity contribution is -0.123. The number of carbonyl (C=O) groups is 1. The fourth-order valence-corrected chi connectivity index (χ4v) is 5.03. The molecule has 1 amide bonds. The first-order valence-corrected chi connectivity index (χ1v) is 13.7. The number of para-hydroxylation sites is 2. The summed E-state index contributed by atoms with van der Waals surface area (Å²) < 4.78 is 7.45. The number of hydrogen-bond acceptors (Lipinski definition) is 5. The summed E-state index contributed by atoms with van der Waals surface area (Å²) in [6.45, 7) is 0. The monoisotopic (exact) mass is 560 g/mol. The van der Waals surface area contributed by atoms with Crippen molar-refractivity contribution in [2.75, 3.05) is 0 Å². The largest absolute Gasteiger partial charge is 0.463 e. The summed E-state index contributed by atoms with van der Waals surface area (Å²) in [5.41, 5.74) is 5.71. The van der Waals surface area contributed by atoms with Crippen LogP contribution in [0.25, 0.3) is 39.7 Å². The van der Waals surface area contributed by atoms with Gasteiger partial charge >= 0.3 is 0 Å². The van der Waals surface area contributed by atoms with E-state index in [9.17, 15) is 9.59 Å². The molecule has 0 spiro atoms. The highest BCUT2D eigenvalue weighted by molar-refractivity contribution is 6.11. The van der Waals surface area contributed by atoms with Crippen LogP contribution < -0.4 is 5.43 Å². The van der Waals surface area contributed by atoms with Crippen LogP contribution in [0.1, 0.15) is 16.7 Å². The lowest BCUT2D eigenvalue weighted by Crippen LogP contribution is -2.20. The Labute approximate surface area is 247 Å². The molecule has 0 N–H and O–H groups in total. The zero-order valence-electron chi connectivity index (χ0n) is 22.9. The van der Waals surface area contributed by atoms with Crippen LogP contribution in [-0.2, 0) is 4.79 Å². The third kappa shape index (κ3) is 5.00. The Bertz CT molecular complexity index is 2110. The van der Waals surface area contributed by atoms with Gasteiger partial charge in [-0.05, 0) is 36.4 Å². The lowest BCUT2D eigenvalue weighted by Gasteiger charge is -2.14. The van der Waals surface area contributed by atoms with E-state index in [4.69, 9.17) is 9.52 Å². The highest BCUT2D eigenvalue weighted by Gasteiger charge is 2.29. The normalized spacial score (nSPS) is 14.2. The molecule has 7 heteroatoms. The van der Waals surface area contributed by atoms with E-state index < -0.39 is 0 Å². The van der Waals surface area contributed by atoms with E-state index >= 15 is 0 Å². The third-order valence-electron chi connectivity index (χ3n) is 7.17. The van der Waals surface area contributed by atoms with Crippen LogP contribution in [0.2, 0.25) is 0 Å². The summed E-state index contributed by atoms with van der Waals surface area (Å²) in [6, 6.07) is 36.3. The quantitative estimate of drug-likeness (QED) is 0.163. The van der Waals surface area contributed by atoms with Gasteiger partial charge in [-0.15, -0.1) is 0 Å². The minimum atomic E-state index is -0.327. The first-order valence-electron chi connectivity index (χ1n) is 13.7. The predicted molar refractivity (Wildman–Crippen MR) is 168 cm³/mol. The molecule has 0 fully saturated rings. The van der Waals surface area contributed by atoms with Crippen LogP contribution in [0, 0.1) is 0 Å². The van der Waals surface area contributed by atoms with Gasteiger partial charge in [-0.25, -0.2) is 4.68 Å². The van der Waals surface area contributed by atoms with Crippen molar-refractivity contribution in [2.45, 2.75) is 0 Å². The maximum atomic E-state index is 13.9. The molecule has 43 heavy (non-hydrogen) atoms. The minimum absolute atomic E-state index is 0.223. The van der Waals surface area contributed by atoms with Crippen molar-refractivity contribution < 1.29 is 9.21 Å². The summed E-state index contributed by atoms with van der Waals surface area (Å²) in [5, 5.41) is 11.1. The molecule has 4 aromatic carbocycles. The van der Waals surface area contributed by atoms with E-state index in [0.717, 1.165) is 28.1 Å². The summed E-state index contributed by atoms with van der Waals surface area (Å²) >= 11 is 0. The van der Waals surface area contributed by atoms with Crippen LogP contribution in [0.4, 0.5) is 0 Å². The van der Waals surface area contributed by atoms with Crippen molar-refractivity contribution in [1.82, 2.24) is 14.8 Å². The third-order valence-corrected chi connectivity index (χ3v) is 7.17. The van der Waals surface area contributed by atoms with Gasteiger partial charge in [0, 0.05) is 28.5 Å². The number of nitrogens with zero attached hydrogens (tertiary/aromatic N) is 4. The Kier molecular flexibility index (Phi) is 6.65. The number of aromatic nitrogens is 2. The Balaban J connectivity index is 1.32. The lowest BCUT2D eigenvalue weighted by atomic mass is 10.1. The molecular formula is C36H24N4O3. The summed E-state index contributed by atoms with van der Waals surface area (Å²) in [7, 11) is 0. The molecule has 1 aliphatic heterocycles. The highest BCUT2D eigenvalue weighted by atomic mass is 16.3. The summed E-state index contributed by atoms with van der Waals surface area (Å²) in [5.74, 6) is -0.327. The molecule has 7 nitrogen and oxygen atoms in total. The average molecular weight is 561 g/mol. The van der Waals surface area contributed by atoms with E-state index in [1.807, 2.05) is 114 Å². The zero-order chi connectivity index (χ0) is 29.2. The molecular weight excluding hydrogens is 536 g/mol.